The zero-order valence-electron chi connectivity index (χ0n) is 9.61. The summed E-state index contributed by atoms with van der Waals surface area (Å²) in [5.74, 6) is -0.527. The number of carbonyl (C=O) groups excluding carboxylic acids is 1. The van der Waals surface area contributed by atoms with E-state index in [1.165, 1.54) is 13.0 Å². The predicted molar refractivity (Wildman–Crippen MR) is 63.8 cm³/mol. The van der Waals surface area contributed by atoms with Crippen LogP contribution in [0, 0.1) is 0 Å². The first-order valence-corrected chi connectivity index (χ1v) is 7.31. The van der Waals surface area contributed by atoms with E-state index < -0.39 is 15.1 Å². The number of hydrogen-bond donors (Lipinski definition) is 1. The van der Waals surface area contributed by atoms with Crippen molar-refractivity contribution in [2.45, 2.75) is 43.9 Å². The van der Waals surface area contributed by atoms with Gasteiger partial charge in [-0.15, -0.1) is 6.58 Å². The highest BCUT2D eigenvalue weighted by atomic mass is 32.2. The number of carbonyl (C=O) groups is 1. The third-order valence-electron chi connectivity index (χ3n) is 2.96. The van der Waals surface area contributed by atoms with Gasteiger partial charge in [0.25, 0.3) is 0 Å². The van der Waals surface area contributed by atoms with Crippen molar-refractivity contribution < 1.29 is 13.2 Å². The fourth-order valence-electron chi connectivity index (χ4n) is 1.86. The van der Waals surface area contributed by atoms with Gasteiger partial charge in [-0.2, -0.15) is 0 Å². The van der Waals surface area contributed by atoms with Crippen LogP contribution in [0.3, 0.4) is 0 Å². The molecule has 4 nitrogen and oxygen atoms in total. The molecule has 1 rings (SSSR count). The van der Waals surface area contributed by atoms with Crippen LogP contribution in [0.4, 0.5) is 0 Å². The second kappa shape index (κ2) is 5.48. The number of sulfone groups is 1. The first-order valence-electron chi connectivity index (χ1n) is 5.60. The smallest absolute Gasteiger partial charge is 0.238 e. The predicted octanol–water partition coefficient (Wildman–Crippen LogP) is 1.03. The average molecular weight is 245 g/mol. The SMILES string of the molecule is C=CCS(=O)(=O)C(C)C(=O)NC1CCCC1. The highest BCUT2D eigenvalue weighted by Gasteiger charge is 2.28. The quantitative estimate of drug-likeness (QED) is 0.736. The number of rotatable bonds is 5. The maximum Gasteiger partial charge on any atom is 0.238 e. The molecule has 0 bridgehead atoms. The lowest BCUT2D eigenvalue weighted by Crippen LogP contribution is -2.42. The van der Waals surface area contributed by atoms with Gasteiger partial charge in [0.2, 0.25) is 5.91 Å². The molecule has 1 atom stereocenters. The molecule has 0 saturated heterocycles. The molecule has 16 heavy (non-hydrogen) atoms. The van der Waals surface area contributed by atoms with Crippen LogP contribution in [0.2, 0.25) is 0 Å². The molecule has 1 saturated carbocycles. The van der Waals surface area contributed by atoms with E-state index in [0.29, 0.717) is 0 Å². The van der Waals surface area contributed by atoms with Crippen LogP contribution in [0.1, 0.15) is 32.6 Å². The number of hydrogen-bond acceptors (Lipinski definition) is 3. The van der Waals surface area contributed by atoms with E-state index in [-0.39, 0.29) is 17.7 Å². The Hall–Kier alpha value is -0.840. The summed E-state index contributed by atoms with van der Waals surface area (Å²) in [7, 11) is -3.38. The molecule has 1 aliphatic carbocycles. The Morgan fingerprint density at radius 2 is 2.06 bits per heavy atom. The van der Waals surface area contributed by atoms with Crippen molar-refractivity contribution in [2.24, 2.45) is 0 Å². The second-order valence-corrected chi connectivity index (χ2v) is 6.62. The van der Waals surface area contributed by atoms with Crippen molar-refractivity contribution in [2.75, 3.05) is 5.75 Å². The Kier molecular flexibility index (Phi) is 4.53. The molecular formula is C11H19NO3S. The van der Waals surface area contributed by atoms with Gasteiger partial charge in [0.15, 0.2) is 9.84 Å². The summed E-state index contributed by atoms with van der Waals surface area (Å²) in [5, 5.41) is 1.81. The summed E-state index contributed by atoms with van der Waals surface area (Å²) in [5.41, 5.74) is 0. The summed E-state index contributed by atoms with van der Waals surface area (Å²) in [6.45, 7) is 4.81. The fraction of sp³-hybridized carbons (Fsp3) is 0.727. The molecule has 0 radical (unpaired) electrons. The van der Waals surface area contributed by atoms with E-state index in [9.17, 15) is 13.2 Å². The molecule has 1 fully saturated rings. The van der Waals surface area contributed by atoms with Crippen molar-refractivity contribution in [1.82, 2.24) is 5.32 Å². The Morgan fingerprint density at radius 1 is 1.50 bits per heavy atom. The van der Waals surface area contributed by atoms with E-state index in [2.05, 4.69) is 11.9 Å². The van der Waals surface area contributed by atoms with Gasteiger partial charge < -0.3 is 5.32 Å². The summed E-state index contributed by atoms with van der Waals surface area (Å²) < 4.78 is 23.2. The summed E-state index contributed by atoms with van der Waals surface area (Å²) in [6.07, 6.45) is 5.45. The minimum Gasteiger partial charge on any atom is -0.352 e. The number of nitrogens with one attached hydrogen (secondary N) is 1. The molecule has 1 N–H and O–H groups in total. The van der Waals surface area contributed by atoms with Crippen molar-refractivity contribution in [3.8, 4) is 0 Å². The molecule has 5 heteroatoms. The van der Waals surface area contributed by atoms with Crippen LogP contribution in [0.25, 0.3) is 0 Å². The Bertz CT molecular complexity index is 355. The first-order chi connectivity index (χ1) is 7.47. The first kappa shape index (κ1) is 13.2. The van der Waals surface area contributed by atoms with Crippen LogP contribution in [0.5, 0.6) is 0 Å². The van der Waals surface area contributed by atoms with Gasteiger partial charge >= 0.3 is 0 Å². The average Bonchev–Trinajstić information content (AvgIpc) is 2.69. The molecule has 0 aromatic heterocycles. The Morgan fingerprint density at radius 3 is 2.56 bits per heavy atom. The van der Waals surface area contributed by atoms with Crippen LogP contribution in [-0.2, 0) is 14.6 Å². The topological polar surface area (TPSA) is 63.2 Å². The van der Waals surface area contributed by atoms with Gasteiger partial charge in [-0.25, -0.2) is 8.42 Å². The zero-order valence-corrected chi connectivity index (χ0v) is 10.4. The maximum absolute atomic E-state index is 11.7. The van der Waals surface area contributed by atoms with Gasteiger partial charge in [-0.1, -0.05) is 18.9 Å². The van der Waals surface area contributed by atoms with Crippen molar-refractivity contribution >= 4 is 15.7 Å². The normalized spacial score (nSPS) is 19.3. The largest absolute Gasteiger partial charge is 0.352 e. The van der Waals surface area contributed by atoms with E-state index in [0.717, 1.165) is 25.7 Å². The maximum atomic E-state index is 11.7. The molecule has 1 unspecified atom stereocenters. The third kappa shape index (κ3) is 3.33. The highest BCUT2D eigenvalue weighted by Crippen LogP contribution is 2.18. The summed E-state index contributed by atoms with van der Waals surface area (Å²) in [4.78, 5) is 11.7. The van der Waals surface area contributed by atoms with Gasteiger partial charge in [-0.05, 0) is 19.8 Å². The fourth-order valence-corrected chi connectivity index (χ4v) is 2.87. The van der Waals surface area contributed by atoms with Crippen molar-refractivity contribution in [1.29, 1.82) is 0 Å². The molecule has 0 heterocycles. The van der Waals surface area contributed by atoms with E-state index in [4.69, 9.17) is 0 Å². The lowest BCUT2D eigenvalue weighted by molar-refractivity contribution is -0.121. The summed E-state index contributed by atoms with van der Waals surface area (Å²) >= 11 is 0. The molecule has 0 aliphatic heterocycles. The lowest BCUT2D eigenvalue weighted by Gasteiger charge is -2.16. The lowest BCUT2D eigenvalue weighted by atomic mass is 10.2. The summed E-state index contributed by atoms with van der Waals surface area (Å²) in [6, 6.07) is 0.161. The minimum absolute atomic E-state index is 0.147. The Labute approximate surface area is 97.0 Å². The van der Waals surface area contributed by atoms with E-state index in [1.807, 2.05) is 0 Å². The molecule has 1 aliphatic rings. The van der Waals surface area contributed by atoms with Crippen molar-refractivity contribution in [3.63, 3.8) is 0 Å². The highest BCUT2D eigenvalue weighted by molar-refractivity contribution is 7.92. The minimum atomic E-state index is -3.38. The number of amides is 1. The van der Waals surface area contributed by atoms with E-state index >= 15 is 0 Å². The van der Waals surface area contributed by atoms with Crippen LogP contribution >= 0.6 is 0 Å². The second-order valence-electron chi connectivity index (χ2n) is 4.25. The van der Waals surface area contributed by atoms with Gasteiger partial charge in [0.1, 0.15) is 5.25 Å². The van der Waals surface area contributed by atoms with Gasteiger partial charge in [0, 0.05) is 6.04 Å². The zero-order chi connectivity index (χ0) is 12.2. The third-order valence-corrected chi connectivity index (χ3v) is 4.95. The Balaban J connectivity index is 2.55. The van der Waals surface area contributed by atoms with E-state index in [1.54, 1.807) is 0 Å². The van der Waals surface area contributed by atoms with Crippen LogP contribution in [0.15, 0.2) is 12.7 Å². The monoisotopic (exact) mass is 245 g/mol. The standard InChI is InChI=1S/C11H19NO3S/c1-3-8-16(14,15)9(2)11(13)12-10-6-4-5-7-10/h3,9-10H,1,4-8H2,2H3,(H,12,13). The molecule has 92 valence electrons. The van der Waals surface area contributed by atoms with Crippen LogP contribution < -0.4 is 5.32 Å². The molecule has 0 spiro atoms. The van der Waals surface area contributed by atoms with Crippen molar-refractivity contribution in [3.05, 3.63) is 12.7 Å². The molecular weight excluding hydrogens is 226 g/mol. The molecule has 1 amide bonds. The van der Waals surface area contributed by atoms with Gasteiger partial charge in [-0.3, -0.25) is 4.79 Å². The van der Waals surface area contributed by atoms with Gasteiger partial charge in [0.05, 0.1) is 5.75 Å². The van der Waals surface area contributed by atoms with Crippen LogP contribution in [-0.4, -0.2) is 31.4 Å². The molecule has 0 aromatic carbocycles. The molecule has 0 aromatic rings.